The molecule has 2 atom stereocenters. The van der Waals surface area contributed by atoms with E-state index in [0.29, 0.717) is 0 Å². The van der Waals surface area contributed by atoms with Crippen molar-refractivity contribution < 1.29 is 23.1 Å². The second-order valence-electron chi connectivity index (χ2n) is 6.00. The standard InChI is InChI=1S/C12H18F2N2O3/c1-11(2,3)19-10(18)16-6-12(13,14)7-4-5-15-9(17)8(7)16/h7-8H,4-6H2,1-3H3,(H,15,17). The number of nitrogens with zero attached hydrogens (tertiary/aromatic N) is 1. The van der Waals surface area contributed by atoms with E-state index in [0.717, 1.165) is 4.90 Å². The summed E-state index contributed by atoms with van der Waals surface area (Å²) in [4.78, 5) is 24.5. The molecular weight excluding hydrogens is 258 g/mol. The molecular formula is C12H18F2N2O3. The molecule has 108 valence electrons. The number of halogens is 2. The Labute approximate surface area is 110 Å². The Hall–Kier alpha value is -1.40. The predicted octanol–water partition coefficient (Wildman–Crippen LogP) is 1.38. The minimum Gasteiger partial charge on any atom is -0.444 e. The van der Waals surface area contributed by atoms with Crippen LogP contribution in [-0.2, 0) is 9.53 Å². The molecule has 0 aromatic heterocycles. The van der Waals surface area contributed by atoms with Crippen molar-refractivity contribution in [2.75, 3.05) is 13.1 Å². The van der Waals surface area contributed by atoms with Crippen LogP contribution in [0.25, 0.3) is 0 Å². The van der Waals surface area contributed by atoms with Gasteiger partial charge >= 0.3 is 6.09 Å². The number of carbonyl (C=O) groups excluding carboxylic acids is 2. The summed E-state index contributed by atoms with van der Waals surface area (Å²) in [6.07, 6.45) is -0.695. The van der Waals surface area contributed by atoms with Crippen molar-refractivity contribution in [3.63, 3.8) is 0 Å². The minimum absolute atomic E-state index is 0.169. The summed E-state index contributed by atoms with van der Waals surface area (Å²) in [5.74, 6) is -4.69. The normalized spacial score (nSPS) is 29.7. The van der Waals surface area contributed by atoms with Crippen LogP contribution in [0.1, 0.15) is 27.2 Å². The summed E-state index contributed by atoms with van der Waals surface area (Å²) in [7, 11) is 0. The third-order valence-corrected chi connectivity index (χ3v) is 3.29. The van der Waals surface area contributed by atoms with Crippen molar-refractivity contribution >= 4 is 12.0 Å². The number of hydrogen-bond acceptors (Lipinski definition) is 3. The smallest absolute Gasteiger partial charge is 0.411 e. The SMILES string of the molecule is CC(C)(C)OC(=O)N1CC(F)(F)C2CCNC(=O)C21. The third-order valence-electron chi connectivity index (χ3n) is 3.29. The first-order chi connectivity index (χ1) is 8.62. The number of alkyl halides is 2. The lowest BCUT2D eigenvalue weighted by molar-refractivity contribution is -0.130. The van der Waals surface area contributed by atoms with Crippen LogP contribution in [0.15, 0.2) is 0 Å². The van der Waals surface area contributed by atoms with Crippen molar-refractivity contribution in [1.82, 2.24) is 10.2 Å². The number of fused-ring (bicyclic) bond motifs is 1. The zero-order chi connectivity index (χ0) is 14.4. The highest BCUT2D eigenvalue weighted by atomic mass is 19.3. The summed E-state index contributed by atoms with van der Waals surface area (Å²) in [5.41, 5.74) is -0.782. The Morgan fingerprint density at radius 3 is 2.68 bits per heavy atom. The molecule has 0 saturated carbocycles. The van der Waals surface area contributed by atoms with Crippen molar-refractivity contribution in [2.24, 2.45) is 5.92 Å². The van der Waals surface area contributed by atoms with E-state index in [4.69, 9.17) is 4.74 Å². The van der Waals surface area contributed by atoms with Gasteiger partial charge in [0.25, 0.3) is 5.92 Å². The quantitative estimate of drug-likeness (QED) is 0.727. The molecule has 2 unspecified atom stereocenters. The van der Waals surface area contributed by atoms with Crippen LogP contribution in [0.5, 0.6) is 0 Å². The molecule has 2 saturated heterocycles. The van der Waals surface area contributed by atoms with Crippen LogP contribution in [0.4, 0.5) is 13.6 Å². The molecule has 2 heterocycles. The number of piperidine rings is 1. The van der Waals surface area contributed by atoms with Gasteiger partial charge in [0.1, 0.15) is 11.6 Å². The maximum Gasteiger partial charge on any atom is 0.411 e. The maximum atomic E-state index is 13.9. The molecule has 5 nitrogen and oxygen atoms in total. The summed E-state index contributed by atoms with van der Waals surface area (Å²) < 4.78 is 32.8. The molecule has 0 aromatic carbocycles. The fraction of sp³-hybridized carbons (Fsp3) is 0.833. The first kappa shape index (κ1) is 14.0. The Morgan fingerprint density at radius 1 is 1.47 bits per heavy atom. The fourth-order valence-electron chi connectivity index (χ4n) is 2.54. The molecule has 2 aliphatic heterocycles. The topological polar surface area (TPSA) is 58.6 Å². The number of likely N-dealkylation sites (tertiary alicyclic amines) is 1. The van der Waals surface area contributed by atoms with E-state index in [2.05, 4.69) is 5.32 Å². The van der Waals surface area contributed by atoms with Gasteiger partial charge in [0.15, 0.2) is 0 Å². The van der Waals surface area contributed by atoms with Gasteiger partial charge in [-0.1, -0.05) is 0 Å². The average Bonchev–Trinajstić information content (AvgIpc) is 2.50. The van der Waals surface area contributed by atoms with E-state index in [1.807, 2.05) is 0 Å². The summed E-state index contributed by atoms with van der Waals surface area (Å²) >= 11 is 0. The lowest BCUT2D eigenvalue weighted by Crippen LogP contribution is -2.53. The van der Waals surface area contributed by atoms with Crippen molar-refractivity contribution in [1.29, 1.82) is 0 Å². The number of ether oxygens (including phenoxy) is 1. The highest BCUT2D eigenvalue weighted by Crippen LogP contribution is 2.41. The van der Waals surface area contributed by atoms with Gasteiger partial charge in [0.2, 0.25) is 5.91 Å². The fourth-order valence-corrected chi connectivity index (χ4v) is 2.54. The molecule has 0 bridgehead atoms. The molecule has 7 heteroatoms. The highest BCUT2D eigenvalue weighted by molar-refractivity contribution is 5.87. The van der Waals surface area contributed by atoms with E-state index in [-0.39, 0.29) is 13.0 Å². The largest absolute Gasteiger partial charge is 0.444 e. The Morgan fingerprint density at radius 2 is 2.11 bits per heavy atom. The van der Waals surface area contributed by atoms with Crippen LogP contribution >= 0.6 is 0 Å². The van der Waals surface area contributed by atoms with Crippen LogP contribution < -0.4 is 5.32 Å². The van der Waals surface area contributed by atoms with Crippen LogP contribution in [0.3, 0.4) is 0 Å². The molecule has 0 aliphatic carbocycles. The van der Waals surface area contributed by atoms with Crippen LogP contribution in [-0.4, -0.2) is 47.6 Å². The van der Waals surface area contributed by atoms with Gasteiger partial charge in [-0.2, -0.15) is 0 Å². The number of hydrogen-bond donors (Lipinski definition) is 1. The number of carbonyl (C=O) groups is 2. The molecule has 1 N–H and O–H groups in total. The van der Waals surface area contributed by atoms with Gasteiger partial charge in [0.05, 0.1) is 12.5 Å². The Bertz CT molecular complexity index is 406. The second-order valence-corrected chi connectivity index (χ2v) is 6.00. The zero-order valence-corrected chi connectivity index (χ0v) is 11.2. The molecule has 2 aliphatic rings. The Kier molecular flexibility index (Phi) is 3.18. The van der Waals surface area contributed by atoms with E-state index in [1.54, 1.807) is 20.8 Å². The first-order valence-corrected chi connectivity index (χ1v) is 6.27. The molecule has 0 aromatic rings. The summed E-state index contributed by atoms with van der Waals surface area (Å²) in [6.45, 7) is 4.41. The van der Waals surface area contributed by atoms with Crippen molar-refractivity contribution in [3.8, 4) is 0 Å². The minimum atomic E-state index is -3.04. The second kappa shape index (κ2) is 4.31. The molecule has 0 radical (unpaired) electrons. The van der Waals surface area contributed by atoms with E-state index < -0.39 is 42.0 Å². The molecule has 0 spiro atoms. The molecule has 2 rings (SSSR count). The maximum absolute atomic E-state index is 13.9. The van der Waals surface area contributed by atoms with E-state index in [1.165, 1.54) is 0 Å². The average molecular weight is 276 g/mol. The predicted molar refractivity (Wildman–Crippen MR) is 62.8 cm³/mol. The van der Waals surface area contributed by atoms with Crippen LogP contribution in [0, 0.1) is 5.92 Å². The number of rotatable bonds is 0. The van der Waals surface area contributed by atoms with E-state index in [9.17, 15) is 18.4 Å². The van der Waals surface area contributed by atoms with Crippen LogP contribution in [0.2, 0.25) is 0 Å². The lowest BCUT2D eigenvalue weighted by Gasteiger charge is -2.31. The zero-order valence-electron chi connectivity index (χ0n) is 11.2. The lowest BCUT2D eigenvalue weighted by atomic mass is 9.90. The summed E-state index contributed by atoms with van der Waals surface area (Å²) in [5, 5.41) is 2.52. The first-order valence-electron chi connectivity index (χ1n) is 6.27. The van der Waals surface area contributed by atoms with E-state index >= 15 is 0 Å². The Balaban J connectivity index is 2.21. The van der Waals surface area contributed by atoms with Gasteiger partial charge in [0, 0.05) is 6.54 Å². The number of nitrogens with one attached hydrogen (secondary N) is 1. The molecule has 2 fully saturated rings. The van der Waals surface area contributed by atoms with Gasteiger partial charge in [-0.15, -0.1) is 0 Å². The number of amides is 2. The van der Waals surface area contributed by atoms with Gasteiger partial charge in [-0.3, -0.25) is 9.69 Å². The summed E-state index contributed by atoms with van der Waals surface area (Å²) in [6, 6.07) is -1.13. The monoisotopic (exact) mass is 276 g/mol. The van der Waals surface area contributed by atoms with Gasteiger partial charge in [-0.05, 0) is 27.2 Å². The van der Waals surface area contributed by atoms with Crippen molar-refractivity contribution in [3.05, 3.63) is 0 Å². The van der Waals surface area contributed by atoms with Gasteiger partial charge < -0.3 is 10.1 Å². The van der Waals surface area contributed by atoms with Gasteiger partial charge in [-0.25, -0.2) is 13.6 Å². The molecule has 2 amide bonds. The highest BCUT2D eigenvalue weighted by Gasteiger charge is 2.60. The molecule has 19 heavy (non-hydrogen) atoms. The third kappa shape index (κ3) is 2.64. The van der Waals surface area contributed by atoms with Crippen molar-refractivity contribution in [2.45, 2.75) is 44.8 Å².